The van der Waals surface area contributed by atoms with Crippen molar-refractivity contribution in [3.63, 3.8) is 0 Å². The number of rotatable bonds is 6. The molecule has 0 unspecified atom stereocenters. The molecule has 2 aromatic carbocycles. The molecule has 1 aromatic heterocycles. The van der Waals surface area contributed by atoms with Gasteiger partial charge < -0.3 is 20.0 Å². The van der Waals surface area contributed by atoms with Crippen molar-refractivity contribution < 1.29 is 19.1 Å². The van der Waals surface area contributed by atoms with Crippen LogP contribution in [0.3, 0.4) is 0 Å². The van der Waals surface area contributed by atoms with E-state index < -0.39 is 5.91 Å². The highest BCUT2D eigenvalue weighted by molar-refractivity contribution is 5.96. The second-order valence-electron chi connectivity index (χ2n) is 6.77. The van der Waals surface area contributed by atoms with Gasteiger partial charge in [-0.15, -0.1) is 0 Å². The molecule has 1 heterocycles. The van der Waals surface area contributed by atoms with Crippen LogP contribution in [0.1, 0.15) is 29.4 Å². The fourth-order valence-electron chi connectivity index (χ4n) is 2.96. The van der Waals surface area contributed by atoms with Crippen LogP contribution < -0.4 is 10.5 Å². The number of benzene rings is 2. The van der Waals surface area contributed by atoms with Crippen molar-refractivity contribution in [3.05, 3.63) is 76.8 Å². The molecule has 1 amide bonds. The van der Waals surface area contributed by atoms with Crippen LogP contribution in [-0.2, 0) is 11.4 Å². The van der Waals surface area contributed by atoms with Crippen molar-refractivity contribution in [2.24, 2.45) is 5.73 Å². The predicted molar refractivity (Wildman–Crippen MR) is 109 cm³/mol. The molecule has 0 fully saturated rings. The smallest absolute Gasteiger partial charge is 0.244 e. The summed E-state index contributed by atoms with van der Waals surface area (Å²) in [4.78, 5) is 11.3. The minimum atomic E-state index is -0.434. The third-order valence-electron chi connectivity index (χ3n) is 4.59. The van der Waals surface area contributed by atoms with Gasteiger partial charge in [0.05, 0.1) is 6.26 Å². The lowest BCUT2D eigenvalue weighted by atomic mass is 9.94. The Morgan fingerprint density at radius 1 is 1.18 bits per heavy atom. The molecule has 144 valence electrons. The van der Waals surface area contributed by atoms with Crippen molar-refractivity contribution in [1.82, 2.24) is 0 Å². The summed E-state index contributed by atoms with van der Waals surface area (Å²) in [5.74, 6) is 0.710. The number of phenolic OH excluding ortho intramolecular Hbond substituents is 1. The molecule has 5 nitrogen and oxygen atoms in total. The Kier molecular flexibility index (Phi) is 5.54. The number of ether oxygens (including phenoxy) is 1. The summed E-state index contributed by atoms with van der Waals surface area (Å²) in [6.07, 6.45) is 3.37. The Labute approximate surface area is 164 Å². The molecule has 3 N–H and O–H groups in total. The summed E-state index contributed by atoms with van der Waals surface area (Å²) in [7, 11) is 0. The van der Waals surface area contributed by atoms with Gasteiger partial charge >= 0.3 is 0 Å². The van der Waals surface area contributed by atoms with E-state index in [4.69, 9.17) is 14.9 Å². The summed E-state index contributed by atoms with van der Waals surface area (Å²) < 4.78 is 10.8. The highest BCUT2D eigenvalue weighted by Gasteiger charge is 2.11. The van der Waals surface area contributed by atoms with Crippen molar-refractivity contribution >= 4 is 12.0 Å². The maximum atomic E-state index is 11.3. The Morgan fingerprint density at radius 2 is 1.96 bits per heavy atom. The van der Waals surface area contributed by atoms with Crippen molar-refractivity contribution in [1.29, 1.82) is 0 Å². The van der Waals surface area contributed by atoms with Crippen molar-refractivity contribution in [2.45, 2.75) is 27.4 Å². The minimum Gasteiger partial charge on any atom is -0.504 e. The van der Waals surface area contributed by atoms with Crippen molar-refractivity contribution in [2.75, 3.05) is 0 Å². The summed E-state index contributed by atoms with van der Waals surface area (Å²) in [6.45, 7) is 5.91. The molecule has 3 aromatic rings. The second kappa shape index (κ2) is 8.05. The number of furan rings is 1. The third-order valence-corrected chi connectivity index (χ3v) is 4.59. The molecule has 28 heavy (non-hydrogen) atoms. The van der Waals surface area contributed by atoms with E-state index >= 15 is 0 Å². The molecule has 0 atom stereocenters. The summed E-state index contributed by atoms with van der Waals surface area (Å²) >= 11 is 0. The van der Waals surface area contributed by atoms with E-state index in [0.717, 1.165) is 27.8 Å². The van der Waals surface area contributed by atoms with Crippen LogP contribution in [0, 0.1) is 13.8 Å². The largest absolute Gasteiger partial charge is 0.504 e. The lowest BCUT2D eigenvalue weighted by Crippen LogP contribution is -2.11. The first-order chi connectivity index (χ1) is 13.3. The van der Waals surface area contributed by atoms with Crippen LogP contribution in [0.4, 0.5) is 0 Å². The maximum Gasteiger partial charge on any atom is 0.244 e. The molecular weight excluding hydrogens is 354 g/mol. The SMILES string of the molecule is C/C(=C\c1cc(C)c(-c2ccc(OCc3ccco3)c(O)c2)cc1C)C(N)=O. The van der Waals surface area contributed by atoms with Crippen LogP contribution in [0.25, 0.3) is 17.2 Å². The average molecular weight is 377 g/mol. The molecule has 0 saturated heterocycles. The molecule has 0 spiro atoms. The molecule has 5 heteroatoms. The van der Waals surface area contributed by atoms with Gasteiger partial charge in [0, 0.05) is 5.57 Å². The number of aromatic hydroxyl groups is 1. The Morgan fingerprint density at radius 3 is 2.61 bits per heavy atom. The van der Waals surface area contributed by atoms with Gasteiger partial charge in [0.1, 0.15) is 12.4 Å². The van der Waals surface area contributed by atoms with E-state index in [1.807, 2.05) is 38.1 Å². The first kappa shape index (κ1) is 19.3. The monoisotopic (exact) mass is 377 g/mol. The highest BCUT2D eigenvalue weighted by atomic mass is 16.5. The van der Waals surface area contributed by atoms with Gasteiger partial charge in [-0.2, -0.15) is 0 Å². The minimum absolute atomic E-state index is 0.0645. The fraction of sp³-hybridized carbons (Fsp3) is 0.174. The summed E-state index contributed by atoms with van der Waals surface area (Å²) in [5.41, 5.74) is 10.7. The third kappa shape index (κ3) is 4.26. The normalized spacial score (nSPS) is 11.5. The number of amides is 1. The predicted octanol–water partition coefficient (Wildman–Crippen LogP) is 4.74. The summed E-state index contributed by atoms with van der Waals surface area (Å²) in [6, 6.07) is 13.0. The van der Waals surface area contributed by atoms with Gasteiger partial charge in [0.25, 0.3) is 0 Å². The van der Waals surface area contributed by atoms with Gasteiger partial charge in [0.15, 0.2) is 11.5 Å². The number of carbonyl (C=O) groups excluding carboxylic acids is 1. The average Bonchev–Trinajstić information content (AvgIpc) is 3.16. The Hall–Kier alpha value is -3.47. The fourth-order valence-corrected chi connectivity index (χ4v) is 2.96. The molecule has 0 radical (unpaired) electrons. The van der Waals surface area contributed by atoms with Gasteiger partial charge in [-0.25, -0.2) is 0 Å². The number of hydrogen-bond donors (Lipinski definition) is 2. The number of primary amides is 1. The van der Waals surface area contributed by atoms with Gasteiger partial charge in [-0.3, -0.25) is 4.79 Å². The quantitative estimate of drug-likeness (QED) is 0.608. The molecule has 0 aliphatic heterocycles. The molecule has 3 rings (SSSR count). The van der Waals surface area contributed by atoms with E-state index in [-0.39, 0.29) is 12.4 Å². The van der Waals surface area contributed by atoms with Gasteiger partial charge in [0.2, 0.25) is 5.91 Å². The van der Waals surface area contributed by atoms with E-state index in [1.165, 1.54) is 0 Å². The zero-order chi connectivity index (χ0) is 20.3. The number of carbonyl (C=O) groups is 1. The maximum absolute atomic E-state index is 11.3. The van der Waals surface area contributed by atoms with E-state index in [9.17, 15) is 9.90 Å². The lowest BCUT2D eigenvalue weighted by Gasteiger charge is -2.13. The van der Waals surface area contributed by atoms with E-state index in [2.05, 4.69) is 0 Å². The molecular formula is C23H23NO4. The van der Waals surface area contributed by atoms with Crippen LogP contribution in [0.5, 0.6) is 11.5 Å². The van der Waals surface area contributed by atoms with E-state index in [1.54, 1.807) is 37.5 Å². The topological polar surface area (TPSA) is 85.7 Å². The van der Waals surface area contributed by atoms with Gasteiger partial charge in [-0.1, -0.05) is 18.2 Å². The standard InChI is InChI=1S/C23H23NO4/c1-14-11-20(15(2)9-18(14)10-16(3)23(24)26)17-6-7-22(21(25)12-17)28-13-19-5-4-8-27-19/h4-12,25H,13H2,1-3H3,(H2,24,26)/b16-10+. The zero-order valence-electron chi connectivity index (χ0n) is 16.2. The van der Waals surface area contributed by atoms with E-state index in [0.29, 0.717) is 17.1 Å². The molecule has 0 bridgehead atoms. The molecule has 0 aliphatic carbocycles. The number of hydrogen-bond acceptors (Lipinski definition) is 4. The first-order valence-corrected chi connectivity index (χ1v) is 8.93. The second-order valence-corrected chi connectivity index (χ2v) is 6.77. The van der Waals surface area contributed by atoms with Crippen LogP contribution >= 0.6 is 0 Å². The lowest BCUT2D eigenvalue weighted by molar-refractivity contribution is -0.114. The number of phenols is 1. The van der Waals surface area contributed by atoms with Crippen LogP contribution in [-0.4, -0.2) is 11.0 Å². The van der Waals surface area contributed by atoms with Gasteiger partial charge in [-0.05, 0) is 78.9 Å². The Balaban J connectivity index is 1.87. The van der Waals surface area contributed by atoms with Crippen molar-refractivity contribution in [3.8, 4) is 22.6 Å². The van der Waals surface area contributed by atoms with Crippen LogP contribution in [0.2, 0.25) is 0 Å². The highest BCUT2D eigenvalue weighted by Crippen LogP contribution is 2.34. The summed E-state index contributed by atoms with van der Waals surface area (Å²) in [5, 5.41) is 10.4. The first-order valence-electron chi connectivity index (χ1n) is 8.93. The van der Waals surface area contributed by atoms with Crippen LogP contribution in [0.15, 0.2) is 58.7 Å². The number of nitrogens with two attached hydrogens (primary N) is 1. The Bertz CT molecular complexity index is 1030. The zero-order valence-corrected chi connectivity index (χ0v) is 16.2. The number of aryl methyl sites for hydroxylation is 2. The molecule has 0 saturated carbocycles. The molecule has 0 aliphatic rings.